The van der Waals surface area contributed by atoms with E-state index in [1.54, 1.807) is 0 Å². The second-order valence-electron chi connectivity index (χ2n) is 7.20. The number of aromatic nitrogens is 2. The first-order valence-corrected chi connectivity index (χ1v) is 7.96. The van der Waals surface area contributed by atoms with Gasteiger partial charge in [0.05, 0.1) is 11.0 Å². The molecule has 0 bridgehead atoms. The van der Waals surface area contributed by atoms with Gasteiger partial charge in [0.2, 0.25) is 5.91 Å². The maximum atomic E-state index is 11.9. The van der Waals surface area contributed by atoms with Gasteiger partial charge in [0.1, 0.15) is 5.82 Å². The number of benzene rings is 1. The third kappa shape index (κ3) is 3.49. The zero-order valence-electron chi connectivity index (χ0n) is 14.5. The van der Waals surface area contributed by atoms with Crippen molar-refractivity contribution in [2.24, 2.45) is 5.41 Å². The predicted octanol–water partition coefficient (Wildman–Crippen LogP) is 3.63. The second-order valence-corrected chi connectivity index (χ2v) is 7.20. The number of hydrogen-bond acceptors (Lipinski definition) is 2. The topological polar surface area (TPSA) is 46.9 Å². The molecule has 4 nitrogen and oxygen atoms in total. The number of carbonyl (C=O) groups is 1. The Morgan fingerprint density at radius 2 is 2.00 bits per heavy atom. The summed E-state index contributed by atoms with van der Waals surface area (Å²) in [6.45, 7) is 12.8. The van der Waals surface area contributed by atoms with E-state index in [9.17, 15) is 4.79 Å². The highest BCUT2D eigenvalue weighted by atomic mass is 16.2. The molecule has 0 fully saturated rings. The fourth-order valence-electron chi connectivity index (χ4n) is 2.66. The summed E-state index contributed by atoms with van der Waals surface area (Å²) in [4.78, 5) is 16.5. The molecule has 1 aromatic heterocycles. The van der Waals surface area contributed by atoms with Crippen molar-refractivity contribution in [2.45, 2.75) is 54.0 Å². The highest BCUT2D eigenvalue weighted by molar-refractivity contribution is 5.81. The van der Waals surface area contributed by atoms with Gasteiger partial charge in [0.15, 0.2) is 0 Å². The molecule has 0 aliphatic heterocycles. The molecule has 1 aromatic carbocycles. The van der Waals surface area contributed by atoms with Crippen molar-refractivity contribution in [3.63, 3.8) is 0 Å². The number of hydrogen-bond donors (Lipinski definition) is 1. The van der Waals surface area contributed by atoms with E-state index in [0.717, 1.165) is 17.8 Å². The summed E-state index contributed by atoms with van der Waals surface area (Å²) in [5.41, 5.74) is 3.08. The van der Waals surface area contributed by atoms with Gasteiger partial charge in [-0.05, 0) is 44.9 Å². The summed E-state index contributed by atoms with van der Waals surface area (Å²) >= 11 is 0. The smallest absolute Gasteiger partial charge is 0.225 e. The molecule has 120 valence electrons. The minimum atomic E-state index is -0.336. The van der Waals surface area contributed by atoms with Crippen LogP contribution in [-0.2, 0) is 11.2 Å². The summed E-state index contributed by atoms with van der Waals surface area (Å²) in [6.07, 6.45) is 0.825. The van der Waals surface area contributed by atoms with Crippen LogP contribution in [0.1, 0.15) is 52.0 Å². The summed E-state index contributed by atoms with van der Waals surface area (Å²) in [6, 6.07) is 6.80. The van der Waals surface area contributed by atoms with Crippen molar-refractivity contribution in [1.82, 2.24) is 14.9 Å². The van der Waals surface area contributed by atoms with Gasteiger partial charge >= 0.3 is 0 Å². The lowest BCUT2D eigenvalue weighted by Gasteiger charge is -2.17. The molecule has 1 amide bonds. The Hall–Kier alpha value is -1.84. The molecule has 0 atom stereocenters. The standard InChI is InChI=1S/C18H27N3O/c1-12(2)21-13(3)20-15-11-14(7-8-16(15)21)9-10-19-17(22)18(4,5)6/h7-8,11-12H,9-10H2,1-6H3,(H,19,22). The largest absolute Gasteiger partial charge is 0.355 e. The van der Waals surface area contributed by atoms with Crippen LogP contribution in [0, 0.1) is 12.3 Å². The van der Waals surface area contributed by atoms with E-state index >= 15 is 0 Å². The molecule has 2 rings (SSSR count). The molecule has 0 saturated carbocycles. The molecular weight excluding hydrogens is 274 g/mol. The molecular formula is C18H27N3O. The Morgan fingerprint density at radius 3 is 2.59 bits per heavy atom. The molecule has 0 aliphatic carbocycles. The lowest BCUT2D eigenvalue weighted by atomic mass is 9.95. The fourth-order valence-corrected chi connectivity index (χ4v) is 2.66. The summed E-state index contributed by atoms with van der Waals surface area (Å²) in [5.74, 6) is 1.14. The zero-order valence-corrected chi connectivity index (χ0v) is 14.5. The van der Waals surface area contributed by atoms with E-state index < -0.39 is 0 Å². The van der Waals surface area contributed by atoms with Crippen LogP contribution in [0.5, 0.6) is 0 Å². The highest BCUT2D eigenvalue weighted by Gasteiger charge is 2.20. The zero-order chi connectivity index (χ0) is 16.5. The fraction of sp³-hybridized carbons (Fsp3) is 0.556. The highest BCUT2D eigenvalue weighted by Crippen LogP contribution is 2.22. The average Bonchev–Trinajstić information content (AvgIpc) is 2.72. The first kappa shape index (κ1) is 16.5. The van der Waals surface area contributed by atoms with Crippen LogP contribution in [0.15, 0.2) is 18.2 Å². The Balaban J connectivity index is 2.09. The van der Waals surface area contributed by atoms with Gasteiger partial charge in [-0.1, -0.05) is 26.8 Å². The van der Waals surface area contributed by atoms with Crippen LogP contribution in [0.2, 0.25) is 0 Å². The lowest BCUT2D eigenvalue weighted by Crippen LogP contribution is -2.35. The van der Waals surface area contributed by atoms with Gasteiger partial charge in [0, 0.05) is 18.0 Å². The van der Waals surface area contributed by atoms with Gasteiger partial charge < -0.3 is 9.88 Å². The van der Waals surface area contributed by atoms with Crippen molar-refractivity contribution in [1.29, 1.82) is 0 Å². The van der Waals surface area contributed by atoms with E-state index in [2.05, 4.69) is 46.9 Å². The number of nitrogens with zero attached hydrogens (tertiary/aromatic N) is 2. The monoisotopic (exact) mass is 301 g/mol. The van der Waals surface area contributed by atoms with Crippen LogP contribution in [0.4, 0.5) is 0 Å². The van der Waals surface area contributed by atoms with Crippen molar-refractivity contribution in [2.75, 3.05) is 6.54 Å². The van der Waals surface area contributed by atoms with E-state index in [-0.39, 0.29) is 11.3 Å². The minimum absolute atomic E-state index is 0.0912. The Bertz CT molecular complexity index is 677. The number of fused-ring (bicyclic) bond motifs is 1. The molecule has 22 heavy (non-hydrogen) atoms. The molecule has 0 spiro atoms. The number of carbonyl (C=O) groups excluding carboxylic acids is 1. The van der Waals surface area contributed by atoms with Crippen LogP contribution < -0.4 is 5.32 Å². The number of nitrogens with one attached hydrogen (secondary N) is 1. The van der Waals surface area contributed by atoms with Gasteiger partial charge in [-0.15, -0.1) is 0 Å². The van der Waals surface area contributed by atoms with Crippen LogP contribution in [-0.4, -0.2) is 22.0 Å². The van der Waals surface area contributed by atoms with Crippen LogP contribution in [0.25, 0.3) is 11.0 Å². The maximum Gasteiger partial charge on any atom is 0.225 e. The average molecular weight is 301 g/mol. The van der Waals surface area contributed by atoms with Crippen molar-refractivity contribution < 1.29 is 4.79 Å². The molecule has 0 radical (unpaired) electrons. The minimum Gasteiger partial charge on any atom is -0.355 e. The molecule has 1 N–H and O–H groups in total. The quantitative estimate of drug-likeness (QED) is 0.937. The van der Waals surface area contributed by atoms with Gasteiger partial charge in [-0.2, -0.15) is 0 Å². The predicted molar refractivity (Wildman–Crippen MR) is 91.0 cm³/mol. The van der Waals surface area contributed by atoms with Crippen LogP contribution >= 0.6 is 0 Å². The summed E-state index contributed by atoms with van der Waals surface area (Å²) in [7, 11) is 0. The number of imidazole rings is 1. The summed E-state index contributed by atoms with van der Waals surface area (Å²) in [5, 5.41) is 2.99. The SMILES string of the molecule is Cc1nc2cc(CCNC(=O)C(C)(C)C)ccc2n1C(C)C. The molecule has 0 aliphatic rings. The first-order chi connectivity index (χ1) is 10.2. The van der Waals surface area contributed by atoms with Gasteiger partial charge in [-0.25, -0.2) is 4.98 Å². The maximum absolute atomic E-state index is 11.9. The van der Waals surface area contributed by atoms with Crippen molar-refractivity contribution in [3.05, 3.63) is 29.6 Å². The molecule has 1 heterocycles. The molecule has 4 heteroatoms. The third-order valence-electron chi connectivity index (χ3n) is 3.83. The Morgan fingerprint density at radius 1 is 1.32 bits per heavy atom. The van der Waals surface area contributed by atoms with E-state index in [1.165, 1.54) is 11.1 Å². The third-order valence-corrected chi connectivity index (χ3v) is 3.83. The Kier molecular flexibility index (Phi) is 4.59. The van der Waals surface area contributed by atoms with Crippen molar-refractivity contribution in [3.8, 4) is 0 Å². The number of rotatable bonds is 4. The Labute approximate surface area is 132 Å². The van der Waals surface area contributed by atoms with E-state index in [1.807, 2.05) is 27.7 Å². The normalized spacial score (nSPS) is 12.1. The molecule has 2 aromatic rings. The number of amides is 1. The summed E-state index contributed by atoms with van der Waals surface area (Å²) < 4.78 is 2.25. The van der Waals surface area contributed by atoms with Crippen molar-refractivity contribution >= 4 is 16.9 Å². The lowest BCUT2D eigenvalue weighted by molar-refractivity contribution is -0.128. The second kappa shape index (κ2) is 6.11. The van der Waals surface area contributed by atoms with Gasteiger partial charge in [0.25, 0.3) is 0 Å². The number of aryl methyl sites for hydroxylation is 1. The van der Waals surface area contributed by atoms with Crippen LogP contribution in [0.3, 0.4) is 0 Å². The first-order valence-electron chi connectivity index (χ1n) is 7.96. The molecule has 0 saturated heterocycles. The molecule has 0 unspecified atom stereocenters. The van der Waals surface area contributed by atoms with E-state index in [0.29, 0.717) is 12.6 Å². The van der Waals surface area contributed by atoms with E-state index in [4.69, 9.17) is 0 Å². The van der Waals surface area contributed by atoms with Gasteiger partial charge in [-0.3, -0.25) is 4.79 Å².